The fourth-order valence-electron chi connectivity index (χ4n) is 1.16. The van der Waals surface area contributed by atoms with E-state index in [1.807, 2.05) is 30.5 Å². The molecule has 0 aliphatic rings. The molecule has 0 saturated heterocycles. The number of rotatable bonds is 5. The lowest BCUT2D eigenvalue weighted by Gasteiger charge is -2.10. The molecular weight excluding hydrogens is 210 g/mol. The fourth-order valence-corrected chi connectivity index (χ4v) is 1.57. The van der Waals surface area contributed by atoms with Crippen molar-refractivity contribution in [3.63, 3.8) is 0 Å². The van der Waals surface area contributed by atoms with E-state index in [0.29, 0.717) is 0 Å². The predicted molar refractivity (Wildman–Crippen MR) is 59.6 cm³/mol. The van der Waals surface area contributed by atoms with Gasteiger partial charge in [-0.3, -0.25) is 0 Å². The Morgan fingerprint density at radius 1 is 1.47 bits per heavy atom. The molecule has 0 bridgehead atoms. The van der Waals surface area contributed by atoms with E-state index in [4.69, 9.17) is 15.1 Å². The van der Waals surface area contributed by atoms with E-state index in [1.165, 1.54) is 0 Å². The minimum Gasteiger partial charge on any atom is -0.394 e. The van der Waals surface area contributed by atoms with Crippen molar-refractivity contribution in [3.8, 4) is 6.07 Å². The second-order valence-corrected chi connectivity index (χ2v) is 3.76. The number of hydrogen-bond donors (Lipinski definition) is 1. The van der Waals surface area contributed by atoms with Gasteiger partial charge >= 0.3 is 0 Å². The highest BCUT2D eigenvalue weighted by Crippen LogP contribution is 2.20. The summed E-state index contributed by atoms with van der Waals surface area (Å²) < 4.78 is 5.18. The van der Waals surface area contributed by atoms with Crippen LogP contribution in [0.1, 0.15) is 11.7 Å². The second-order valence-electron chi connectivity index (χ2n) is 2.88. The van der Waals surface area contributed by atoms with Crippen molar-refractivity contribution in [3.05, 3.63) is 29.8 Å². The fraction of sp³-hybridized carbons (Fsp3) is 0.364. The zero-order valence-electron chi connectivity index (χ0n) is 8.51. The van der Waals surface area contributed by atoms with Gasteiger partial charge in [0.25, 0.3) is 0 Å². The van der Waals surface area contributed by atoms with Crippen molar-refractivity contribution in [1.29, 1.82) is 5.26 Å². The van der Waals surface area contributed by atoms with Crippen molar-refractivity contribution in [2.24, 2.45) is 0 Å². The van der Waals surface area contributed by atoms with E-state index in [0.717, 1.165) is 10.5 Å². The number of thioether (sulfide) groups is 1. The van der Waals surface area contributed by atoms with Gasteiger partial charge in [-0.05, 0) is 24.0 Å². The first kappa shape index (κ1) is 12.1. The molecule has 0 heterocycles. The first-order chi connectivity index (χ1) is 7.31. The van der Waals surface area contributed by atoms with Gasteiger partial charge in [0.2, 0.25) is 0 Å². The van der Waals surface area contributed by atoms with Crippen molar-refractivity contribution < 1.29 is 9.84 Å². The Morgan fingerprint density at radius 3 is 2.60 bits per heavy atom. The molecular formula is C11H13NO2S. The summed E-state index contributed by atoms with van der Waals surface area (Å²) in [5, 5.41) is 17.5. The molecule has 1 N–H and O–H groups in total. The topological polar surface area (TPSA) is 53.2 Å². The lowest BCUT2D eigenvalue weighted by Crippen LogP contribution is -2.05. The summed E-state index contributed by atoms with van der Waals surface area (Å²) in [5.41, 5.74) is 0.823. The van der Waals surface area contributed by atoms with Crippen molar-refractivity contribution in [2.45, 2.75) is 11.0 Å². The van der Waals surface area contributed by atoms with Gasteiger partial charge in [0.1, 0.15) is 0 Å². The van der Waals surface area contributed by atoms with Crippen LogP contribution in [0.3, 0.4) is 0 Å². The average molecular weight is 223 g/mol. The Labute approximate surface area is 93.7 Å². The van der Waals surface area contributed by atoms with Gasteiger partial charge in [-0.15, -0.1) is 11.8 Å². The monoisotopic (exact) mass is 223 g/mol. The quantitative estimate of drug-likeness (QED) is 0.775. The third kappa shape index (κ3) is 3.56. The van der Waals surface area contributed by atoms with E-state index in [1.54, 1.807) is 11.8 Å². The predicted octanol–water partition coefficient (Wildman–Crippen LogP) is 1.98. The summed E-state index contributed by atoms with van der Waals surface area (Å²) in [6, 6.07) is 9.70. The van der Waals surface area contributed by atoms with E-state index < -0.39 is 6.10 Å². The molecule has 0 radical (unpaired) electrons. The molecule has 0 fully saturated rings. The molecule has 1 unspecified atom stereocenters. The summed E-state index contributed by atoms with van der Waals surface area (Å²) in [6.07, 6.45) is 1.41. The molecule has 1 rings (SSSR count). The van der Waals surface area contributed by atoms with Gasteiger partial charge in [0.15, 0.2) is 6.10 Å². The number of ether oxygens (including phenoxy) is 1. The molecule has 80 valence electrons. The SMILES string of the molecule is CSc1ccc(C(C#N)OCCO)cc1. The van der Waals surface area contributed by atoms with Crippen LogP contribution in [-0.4, -0.2) is 24.6 Å². The van der Waals surface area contributed by atoms with Crippen molar-refractivity contribution in [2.75, 3.05) is 19.5 Å². The maximum atomic E-state index is 8.87. The summed E-state index contributed by atoms with van der Waals surface area (Å²) in [5.74, 6) is 0. The summed E-state index contributed by atoms with van der Waals surface area (Å²) in [7, 11) is 0. The number of nitrogens with zero attached hydrogens (tertiary/aromatic N) is 1. The van der Waals surface area contributed by atoms with E-state index in [2.05, 4.69) is 6.07 Å². The molecule has 0 aliphatic heterocycles. The summed E-state index contributed by atoms with van der Waals surface area (Å²) in [4.78, 5) is 1.15. The first-order valence-corrected chi connectivity index (χ1v) is 5.80. The van der Waals surface area contributed by atoms with Crippen LogP contribution in [0.15, 0.2) is 29.2 Å². The van der Waals surface area contributed by atoms with E-state index in [9.17, 15) is 0 Å². The lowest BCUT2D eigenvalue weighted by molar-refractivity contribution is 0.0581. The second kappa shape index (κ2) is 6.46. The van der Waals surface area contributed by atoms with Crippen LogP contribution < -0.4 is 0 Å². The smallest absolute Gasteiger partial charge is 0.169 e. The van der Waals surface area contributed by atoms with Gasteiger partial charge in [0.05, 0.1) is 19.3 Å². The van der Waals surface area contributed by atoms with Crippen molar-refractivity contribution >= 4 is 11.8 Å². The van der Waals surface area contributed by atoms with Gasteiger partial charge in [-0.2, -0.15) is 5.26 Å². The normalized spacial score (nSPS) is 12.1. The maximum absolute atomic E-state index is 8.87. The molecule has 3 nitrogen and oxygen atoms in total. The van der Waals surface area contributed by atoms with Crippen LogP contribution in [0.25, 0.3) is 0 Å². The molecule has 1 aromatic carbocycles. The Morgan fingerprint density at radius 2 is 2.13 bits per heavy atom. The van der Waals surface area contributed by atoms with Crippen LogP contribution in [0.5, 0.6) is 0 Å². The molecule has 1 aromatic rings. The number of benzene rings is 1. The Hall–Kier alpha value is -1.02. The average Bonchev–Trinajstić information content (AvgIpc) is 2.31. The van der Waals surface area contributed by atoms with Crippen LogP contribution in [0.4, 0.5) is 0 Å². The molecule has 15 heavy (non-hydrogen) atoms. The molecule has 0 spiro atoms. The molecule has 0 amide bonds. The Balaban J connectivity index is 2.70. The first-order valence-electron chi connectivity index (χ1n) is 4.58. The number of nitriles is 1. The maximum Gasteiger partial charge on any atom is 0.169 e. The lowest BCUT2D eigenvalue weighted by atomic mass is 10.1. The highest BCUT2D eigenvalue weighted by Gasteiger charge is 2.09. The third-order valence-electron chi connectivity index (χ3n) is 1.91. The summed E-state index contributed by atoms with van der Waals surface area (Å²) in [6.45, 7) is 0.115. The molecule has 0 aliphatic carbocycles. The van der Waals surface area contributed by atoms with E-state index in [-0.39, 0.29) is 13.2 Å². The largest absolute Gasteiger partial charge is 0.394 e. The number of hydrogen-bond acceptors (Lipinski definition) is 4. The summed E-state index contributed by atoms with van der Waals surface area (Å²) >= 11 is 1.65. The zero-order chi connectivity index (χ0) is 11.1. The minimum atomic E-state index is -0.590. The highest BCUT2D eigenvalue weighted by atomic mass is 32.2. The van der Waals surface area contributed by atoms with Gasteiger partial charge in [-0.25, -0.2) is 0 Å². The molecule has 0 aromatic heterocycles. The zero-order valence-corrected chi connectivity index (χ0v) is 9.33. The van der Waals surface area contributed by atoms with Crippen molar-refractivity contribution in [1.82, 2.24) is 0 Å². The highest BCUT2D eigenvalue weighted by molar-refractivity contribution is 7.98. The van der Waals surface area contributed by atoms with Gasteiger partial charge in [-0.1, -0.05) is 12.1 Å². The molecule has 0 saturated carbocycles. The Bertz CT molecular complexity index is 331. The number of aliphatic hydroxyl groups excluding tert-OH is 1. The third-order valence-corrected chi connectivity index (χ3v) is 2.66. The van der Waals surface area contributed by atoms with Gasteiger partial charge in [0, 0.05) is 4.90 Å². The van der Waals surface area contributed by atoms with Crippen LogP contribution in [0, 0.1) is 11.3 Å². The number of aliphatic hydroxyl groups is 1. The van der Waals surface area contributed by atoms with Crippen LogP contribution in [0.2, 0.25) is 0 Å². The minimum absolute atomic E-state index is 0.0684. The van der Waals surface area contributed by atoms with E-state index >= 15 is 0 Å². The molecule has 4 heteroatoms. The van der Waals surface area contributed by atoms with Crippen LogP contribution >= 0.6 is 11.8 Å². The standard InChI is InChI=1S/C11H13NO2S/c1-15-10-4-2-9(3-5-10)11(8-12)14-7-6-13/h2-5,11,13H,6-7H2,1H3. The van der Waals surface area contributed by atoms with Crippen LogP contribution in [-0.2, 0) is 4.74 Å². The molecule has 1 atom stereocenters. The van der Waals surface area contributed by atoms with Gasteiger partial charge < -0.3 is 9.84 Å². The Kier molecular flexibility index (Phi) is 5.19.